The first-order chi connectivity index (χ1) is 22.2. The van der Waals surface area contributed by atoms with Gasteiger partial charge in [-0.1, -0.05) is 24.3 Å². The molecule has 0 radical (unpaired) electrons. The van der Waals surface area contributed by atoms with Gasteiger partial charge in [-0.2, -0.15) is 0 Å². The lowest BCUT2D eigenvalue weighted by Crippen LogP contribution is -2.65. The van der Waals surface area contributed by atoms with Crippen molar-refractivity contribution >= 4 is 22.8 Å². The maximum Gasteiger partial charge on any atom is 0.404 e. The molecule has 252 valence electrons. The number of phenolic OH excluding ortho intramolecular Hbond substituents is 1. The summed E-state index contributed by atoms with van der Waals surface area (Å²) in [7, 11) is 1.39. The number of carbonyl (C=O) groups is 2. The van der Waals surface area contributed by atoms with E-state index < -0.39 is 41.9 Å². The number of aliphatic hydroxyl groups is 1. The fraction of sp³-hybridized carbons (Fsp3) is 0.400. The minimum Gasteiger partial charge on any atom is -0.508 e. The van der Waals surface area contributed by atoms with E-state index in [0.717, 1.165) is 5.57 Å². The highest BCUT2D eigenvalue weighted by Gasteiger charge is 2.53. The number of allylic oxidation sites excluding steroid dienone is 2. The van der Waals surface area contributed by atoms with Crippen molar-refractivity contribution in [2.24, 2.45) is 5.73 Å². The number of rotatable bonds is 12. The topological polar surface area (TPSA) is 177 Å². The van der Waals surface area contributed by atoms with E-state index in [1.165, 1.54) is 25.3 Å². The predicted octanol–water partition coefficient (Wildman–Crippen LogP) is 4.66. The van der Waals surface area contributed by atoms with Crippen LogP contribution < -0.4 is 20.8 Å². The van der Waals surface area contributed by atoms with E-state index in [1.807, 2.05) is 19.9 Å². The van der Waals surface area contributed by atoms with Gasteiger partial charge in [0, 0.05) is 24.7 Å². The molecular formula is C35H41NO11. The van der Waals surface area contributed by atoms with Gasteiger partial charge >= 0.3 is 11.7 Å². The summed E-state index contributed by atoms with van der Waals surface area (Å²) in [5.41, 5.74) is 5.85. The number of phenols is 1. The molecule has 1 aromatic heterocycles. The lowest BCUT2D eigenvalue weighted by Gasteiger charge is -2.47. The largest absolute Gasteiger partial charge is 0.508 e. The summed E-state index contributed by atoms with van der Waals surface area (Å²) in [6, 6.07) is 7.74. The molecule has 1 amide bonds. The van der Waals surface area contributed by atoms with Gasteiger partial charge < -0.3 is 44.0 Å². The Morgan fingerprint density at radius 1 is 1.17 bits per heavy atom. The zero-order valence-corrected chi connectivity index (χ0v) is 27.3. The number of hydrogen-bond acceptors (Lipinski definition) is 11. The van der Waals surface area contributed by atoms with Gasteiger partial charge in [0.1, 0.15) is 35.5 Å². The second-order valence-corrected chi connectivity index (χ2v) is 12.0. The van der Waals surface area contributed by atoms with Crippen molar-refractivity contribution < 1.29 is 47.9 Å². The standard InChI is InChI=1S/C35H41NO11/c1-8-15-43-29-22-12-14-26(44-33-27(39)30(46-34(36)41)31(42-7)35(5,6)47-33)19(4)28(22)45-32(40)23(29)17-25(38)21-11-13-24(37)20(16-21)10-9-18(2)3/h8-9,11-14,16,27,30-31,33,37,39H,1,10,15,17H2,2-7H3,(H2,36,41)/t27-,30+,31-,33-/m1/s1. The van der Waals surface area contributed by atoms with Gasteiger partial charge in [0.2, 0.25) is 6.29 Å². The highest BCUT2D eigenvalue weighted by atomic mass is 16.7. The Morgan fingerprint density at radius 3 is 2.53 bits per heavy atom. The summed E-state index contributed by atoms with van der Waals surface area (Å²) in [5.74, 6) is 0.0385. The molecule has 0 saturated carbocycles. The van der Waals surface area contributed by atoms with Gasteiger partial charge in [-0.15, -0.1) is 0 Å². The van der Waals surface area contributed by atoms with Gasteiger partial charge in [-0.25, -0.2) is 9.59 Å². The summed E-state index contributed by atoms with van der Waals surface area (Å²) in [6.45, 7) is 12.6. The zero-order chi connectivity index (χ0) is 34.6. The fourth-order valence-electron chi connectivity index (χ4n) is 5.55. The number of nitrogens with two attached hydrogens (primary N) is 1. The van der Waals surface area contributed by atoms with Crippen LogP contribution in [0.1, 0.15) is 54.7 Å². The monoisotopic (exact) mass is 651 g/mol. The molecule has 3 aromatic rings. The van der Waals surface area contributed by atoms with Crippen LogP contribution in [-0.2, 0) is 27.1 Å². The van der Waals surface area contributed by atoms with Gasteiger partial charge in [0.05, 0.1) is 16.6 Å². The highest BCUT2D eigenvalue weighted by Crippen LogP contribution is 2.38. The average Bonchev–Trinajstić information content (AvgIpc) is 3.00. The van der Waals surface area contributed by atoms with Gasteiger partial charge in [-0.3, -0.25) is 4.79 Å². The van der Waals surface area contributed by atoms with E-state index in [0.29, 0.717) is 28.5 Å². The molecule has 2 heterocycles. The number of carbonyl (C=O) groups excluding carboxylic acids is 2. The number of methoxy groups -OCH3 is 1. The SMILES string of the molecule is C=CCOc1c(CC(=O)c2ccc(O)c(CC=C(C)C)c2)c(=O)oc2c(C)c(O[C@@H]3OC(C)(C)[C@H](OC)[C@@H](OC(N)=O)[C@H]3O)ccc12. The number of benzene rings is 2. The van der Waals surface area contributed by atoms with E-state index in [9.17, 15) is 24.6 Å². The molecule has 0 aliphatic carbocycles. The number of aryl methyl sites for hydroxylation is 1. The fourth-order valence-corrected chi connectivity index (χ4v) is 5.55. The third kappa shape index (κ3) is 7.67. The lowest BCUT2D eigenvalue weighted by molar-refractivity contribution is -0.304. The Balaban J connectivity index is 1.71. The number of fused-ring (bicyclic) bond motifs is 1. The molecule has 12 heteroatoms. The highest BCUT2D eigenvalue weighted by molar-refractivity contribution is 5.99. The van der Waals surface area contributed by atoms with E-state index >= 15 is 0 Å². The molecule has 0 spiro atoms. The molecule has 0 bridgehead atoms. The molecule has 1 fully saturated rings. The normalized spacial score (nSPS) is 20.3. The molecule has 4 rings (SSSR count). The summed E-state index contributed by atoms with van der Waals surface area (Å²) in [4.78, 5) is 38.5. The molecule has 1 saturated heterocycles. The van der Waals surface area contributed by atoms with Crippen LogP contribution in [0.3, 0.4) is 0 Å². The smallest absolute Gasteiger partial charge is 0.404 e. The molecular weight excluding hydrogens is 610 g/mol. The number of Topliss-reactive ketones (excluding diaryl/α,β-unsaturated/α-hetero) is 1. The van der Waals surface area contributed by atoms with E-state index in [1.54, 1.807) is 39.0 Å². The molecule has 0 unspecified atom stereocenters. The van der Waals surface area contributed by atoms with E-state index in [2.05, 4.69) is 6.58 Å². The van der Waals surface area contributed by atoms with E-state index in [-0.39, 0.29) is 47.2 Å². The summed E-state index contributed by atoms with van der Waals surface area (Å²) < 4.78 is 34.4. The zero-order valence-electron chi connectivity index (χ0n) is 27.3. The second-order valence-electron chi connectivity index (χ2n) is 12.0. The van der Waals surface area contributed by atoms with Crippen LogP contribution in [0.5, 0.6) is 17.2 Å². The number of ketones is 1. The van der Waals surface area contributed by atoms with Crippen molar-refractivity contribution in [1.29, 1.82) is 0 Å². The molecule has 1 aliphatic heterocycles. The Labute approximate surface area is 272 Å². The van der Waals surface area contributed by atoms with Crippen LogP contribution in [0, 0.1) is 6.92 Å². The van der Waals surface area contributed by atoms with Crippen LogP contribution >= 0.6 is 0 Å². The number of aliphatic hydroxyl groups excluding tert-OH is 1. The van der Waals surface area contributed by atoms with Crippen molar-refractivity contribution in [2.45, 2.75) is 77.7 Å². The molecule has 47 heavy (non-hydrogen) atoms. The van der Waals surface area contributed by atoms with Crippen molar-refractivity contribution in [3.63, 3.8) is 0 Å². The van der Waals surface area contributed by atoms with Crippen molar-refractivity contribution in [3.8, 4) is 17.2 Å². The third-order valence-electron chi connectivity index (χ3n) is 7.90. The minimum atomic E-state index is -1.50. The van der Waals surface area contributed by atoms with Gasteiger partial charge in [0.15, 0.2) is 18.0 Å². The number of aromatic hydroxyl groups is 1. The molecule has 1 aliphatic rings. The second kappa shape index (κ2) is 14.4. The summed E-state index contributed by atoms with van der Waals surface area (Å²) in [6.07, 6.45) is -2.44. The molecule has 4 N–H and O–H groups in total. The number of amides is 1. The third-order valence-corrected chi connectivity index (χ3v) is 7.90. The van der Waals surface area contributed by atoms with Crippen LogP contribution in [0.2, 0.25) is 0 Å². The van der Waals surface area contributed by atoms with Crippen LogP contribution in [0.25, 0.3) is 11.0 Å². The number of primary amides is 1. The molecule has 4 atom stereocenters. The van der Waals surface area contributed by atoms with Crippen molar-refractivity contribution in [2.75, 3.05) is 13.7 Å². The lowest BCUT2D eigenvalue weighted by atomic mass is 9.89. The quantitative estimate of drug-likeness (QED) is 0.141. The first-order valence-corrected chi connectivity index (χ1v) is 15.0. The molecule has 12 nitrogen and oxygen atoms in total. The first kappa shape index (κ1) is 35.2. The summed E-state index contributed by atoms with van der Waals surface area (Å²) in [5, 5.41) is 21.7. The van der Waals surface area contributed by atoms with Crippen molar-refractivity contribution in [3.05, 3.63) is 87.3 Å². The maximum atomic E-state index is 13.4. The maximum absolute atomic E-state index is 13.4. The Morgan fingerprint density at radius 2 is 1.89 bits per heavy atom. The van der Waals surface area contributed by atoms with Gasteiger partial charge in [0.25, 0.3) is 0 Å². The Bertz CT molecular complexity index is 1750. The van der Waals surface area contributed by atoms with E-state index in [4.69, 9.17) is 33.8 Å². The minimum absolute atomic E-state index is 0.0150. The summed E-state index contributed by atoms with van der Waals surface area (Å²) >= 11 is 0. The number of ether oxygens (including phenoxy) is 5. The van der Waals surface area contributed by atoms with Crippen molar-refractivity contribution in [1.82, 2.24) is 0 Å². The number of hydrogen-bond donors (Lipinski definition) is 3. The van der Waals surface area contributed by atoms with Crippen LogP contribution in [0.15, 0.2) is 63.8 Å². The molecule has 2 aromatic carbocycles. The van der Waals surface area contributed by atoms with Crippen LogP contribution in [0.4, 0.5) is 4.79 Å². The predicted molar refractivity (Wildman–Crippen MR) is 173 cm³/mol. The average molecular weight is 652 g/mol. The first-order valence-electron chi connectivity index (χ1n) is 15.0. The Kier molecular flexibility index (Phi) is 10.8. The Hall–Kier alpha value is -4.65. The van der Waals surface area contributed by atoms with Crippen LogP contribution in [-0.4, -0.2) is 66.0 Å². The van der Waals surface area contributed by atoms with Gasteiger partial charge in [-0.05, 0) is 76.9 Å².